The van der Waals surface area contributed by atoms with Crippen LogP contribution in [0.5, 0.6) is 5.75 Å². The van der Waals surface area contributed by atoms with Gasteiger partial charge in [0.1, 0.15) is 29.8 Å². The normalized spacial score (nSPS) is 11.9. The maximum absolute atomic E-state index is 11.6. The van der Waals surface area contributed by atoms with Crippen molar-refractivity contribution >= 4 is 16.7 Å². The van der Waals surface area contributed by atoms with Gasteiger partial charge in [0, 0.05) is 18.4 Å². The Kier molecular flexibility index (Phi) is 11.8. The molecule has 10 heteroatoms. The van der Waals surface area contributed by atoms with E-state index in [9.17, 15) is 9.00 Å². The number of hydrogen-bond acceptors (Lipinski definition) is 8. The van der Waals surface area contributed by atoms with E-state index in [0.29, 0.717) is 44.6 Å². The van der Waals surface area contributed by atoms with E-state index in [0.717, 1.165) is 18.4 Å². The molecule has 9 nitrogen and oxygen atoms in total. The Bertz CT molecular complexity index is 797. The third-order valence-corrected chi connectivity index (χ3v) is 4.86. The lowest BCUT2D eigenvalue weighted by Gasteiger charge is -2.08. The van der Waals surface area contributed by atoms with Crippen LogP contribution in [0, 0.1) is 0 Å². The highest BCUT2D eigenvalue weighted by atomic mass is 32.2. The molecule has 2 aromatic rings. The molecule has 1 heterocycles. The second-order valence-corrected chi connectivity index (χ2v) is 8.03. The molecular weight excluding hydrogens is 422 g/mol. The van der Waals surface area contributed by atoms with Crippen molar-refractivity contribution < 1.29 is 27.6 Å². The van der Waals surface area contributed by atoms with E-state index >= 15 is 0 Å². The number of amides is 1. The summed E-state index contributed by atoms with van der Waals surface area (Å²) >= 11 is 0. The molecule has 1 aromatic carbocycles. The Morgan fingerprint density at radius 2 is 1.77 bits per heavy atom. The maximum Gasteiger partial charge on any atom is 0.307 e. The molecule has 0 saturated heterocycles. The molecule has 0 aliphatic carbocycles. The molecular formula is C21H31N3O6S. The molecule has 1 N–H and O–H groups in total. The second-order valence-electron chi connectivity index (χ2n) is 6.78. The summed E-state index contributed by atoms with van der Waals surface area (Å²) in [6.07, 6.45) is 6.00. The number of nitrogens with zero attached hydrogens (tertiary/aromatic N) is 2. The van der Waals surface area contributed by atoms with Gasteiger partial charge < -0.3 is 23.9 Å². The number of carbonyl (C=O) groups excluding carboxylic acids is 1. The Morgan fingerprint density at radius 1 is 1.03 bits per heavy atom. The summed E-state index contributed by atoms with van der Waals surface area (Å²) in [6, 6.07) is 7.14. The van der Waals surface area contributed by atoms with Crippen molar-refractivity contribution in [1.29, 1.82) is 0 Å². The Hall–Kier alpha value is -2.30. The minimum atomic E-state index is -1.31. The minimum Gasteiger partial charge on any atom is -0.491 e. The SMILES string of the molecule is CCCCCCNC(=O)COCCOCCOc1ccc(-c2nnc(S(C)=O)o2)cc1. The summed E-state index contributed by atoms with van der Waals surface area (Å²) in [4.78, 5) is 11.6. The van der Waals surface area contributed by atoms with Crippen LogP contribution in [0.2, 0.25) is 0 Å². The lowest BCUT2D eigenvalue weighted by atomic mass is 10.2. The molecule has 1 unspecified atom stereocenters. The molecule has 172 valence electrons. The molecule has 0 radical (unpaired) electrons. The Labute approximate surface area is 185 Å². The van der Waals surface area contributed by atoms with Crippen molar-refractivity contribution in [2.45, 2.75) is 37.8 Å². The summed E-state index contributed by atoms with van der Waals surface area (Å²) in [5.74, 6) is 0.895. The largest absolute Gasteiger partial charge is 0.491 e. The minimum absolute atomic E-state index is 0.0513. The van der Waals surface area contributed by atoms with Crippen molar-refractivity contribution in [3.05, 3.63) is 24.3 Å². The van der Waals surface area contributed by atoms with Crippen LogP contribution >= 0.6 is 0 Å². The van der Waals surface area contributed by atoms with Crippen LogP contribution in [0.1, 0.15) is 32.6 Å². The zero-order valence-electron chi connectivity index (χ0n) is 18.1. The molecule has 0 spiro atoms. The summed E-state index contributed by atoms with van der Waals surface area (Å²) in [5, 5.41) is 10.6. The van der Waals surface area contributed by atoms with Crippen molar-refractivity contribution in [2.24, 2.45) is 0 Å². The lowest BCUT2D eigenvalue weighted by molar-refractivity contribution is -0.126. The number of aromatic nitrogens is 2. The van der Waals surface area contributed by atoms with E-state index in [-0.39, 0.29) is 17.7 Å². The molecule has 0 fully saturated rings. The summed E-state index contributed by atoms with van der Waals surface area (Å²) in [6.45, 7) is 4.45. The molecule has 2 rings (SSSR count). The highest BCUT2D eigenvalue weighted by molar-refractivity contribution is 7.84. The number of ether oxygens (including phenoxy) is 3. The van der Waals surface area contributed by atoms with Crippen molar-refractivity contribution in [2.75, 3.05) is 45.8 Å². The number of carbonyl (C=O) groups is 1. The molecule has 1 amide bonds. The third kappa shape index (κ3) is 10.0. The van der Waals surface area contributed by atoms with Gasteiger partial charge in [-0.25, -0.2) is 4.21 Å². The van der Waals surface area contributed by atoms with Crippen LogP contribution in [-0.4, -0.2) is 66.1 Å². The average molecular weight is 454 g/mol. The number of rotatable bonds is 16. The van der Waals surface area contributed by atoms with Gasteiger partial charge in [0.05, 0.1) is 19.8 Å². The van der Waals surface area contributed by atoms with Crippen LogP contribution in [0.3, 0.4) is 0 Å². The second kappa shape index (κ2) is 14.7. The number of nitrogens with one attached hydrogen (secondary N) is 1. The molecule has 31 heavy (non-hydrogen) atoms. The number of unbranched alkanes of at least 4 members (excludes halogenated alkanes) is 3. The van der Waals surface area contributed by atoms with E-state index in [1.54, 1.807) is 24.3 Å². The zero-order valence-corrected chi connectivity index (χ0v) is 18.9. The highest BCUT2D eigenvalue weighted by Crippen LogP contribution is 2.22. The number of benzene rings is 1. The van der Waals surface area contributed by atoms with E-state index in [1.807, 2.05) is 0 Å². The fourth-order valence-electron chi connectivity index (χ4n) is 2.57. The molecule has 0 saturated carbocycles. The van der Waals surface area contributed by atoms with Crippen LogP contribution < -0.4 is 10.1 Å². The summed E-state index contributed by atoms with van der Waals surface area (Å²) < 4.78 is 33.0. The van der Waals surface area contributed by atoms with Gasteiger partial charge in [-0.15, -0.1) is 5.10 Å². The van der Waals surface area contributed by atoms with Gasteiger partial charge in [0.2, 0.25) is 11.8 Å². The Balaban J connectivity index is 1.50. The first-order chi connectivity index (χ1) is 15.1. The zero-order chi connectivity index (χ0) is 22.3. The first kappa shape index (κ1) is 25.0. The molecule has 0 aliphatic heterocycles. The fraction of sp³-hybridized carbons (Fsp3) is 0.571. The van der Waals surface area contributed by atoms with Crippen LogP contribution in [0.4, 0.5) is 0 Å². The summed E-state index contributed by atoms with van der Waals surface area (Å²) in [5.41, 5.74) is 0.718. The predicted octanol–water partition coefficient (Wildman–Crippen LogP) is 2.58. The van der Waals surface area contributed by atoms with E-state index in [1.165, 1.54) is 19.1 Å². The van der Waals surface area contributed by atoms with E-state index < -0.39 is 10.8 Å². The van der Waals surface area contributed by atoms with Crippen LogP contribution in [-0.2, 0) is 25.1 Å². The van der Waals surface area contributed by atoms with E-state index in [4.69, 9.17) is 18.6 Å². The van der Waals surface area contributed by atoms with Crippen molar-refractivity contribution in [3.8, 4) is 17.2 Å². The number of hydrogen-bond donors (Lipinski definition) is 1. The third-order valence-electron chi connectivity index (χ3n) is 4.21. The van der Waals surface area contributed by atoms with Crippen molar-refractivity contribution in [1.82, 2.24) is 15.5 Å². The quantitative estimate of drug-likeness (QED) is 0.386. The van der Waals surface area contributed by atoms with Gasteiger partial charge in [-0.2, -0.15) is 0 Å². The van der Waals surface area contributed by atoms with E-state index in [2.05, 4.69) is 22.4 Å². The lowest BCUT2D eigenvalue weighted by Crippen LogP contribution is -2.29. The first-order valence-electron chi connectivity index (χ1n) is 10.4. The smallest absolute Gasteiger partial charge is 0.307 e. The monoisotopic (exact) mass is 453 g/mol. The predicted molar refractivity (Wildman–Crippen MR) is 116 cm³/mol. The van der Waals surface area contributed by atoms with Gasteiger partial charge in [-0.1, -0.05) is 31.3 Å². The van der Waals surface area contributed by atoms with Gasteiger partial charge in [-0.05, 0) is 30.7 Å². The van der Waals surface area contributed by atoms with Gasteiger partial charge >= 0.3 is 5.22 Å². The van der Waals surface area contributed by atoms with Crippen molar-refractivity contribution in [3.63, 3.8) is 0 Å². The van der Waals surface area contributed by atoms with Gasteiger partial charge in [0.15, 0.2) is 0 Å². The molecule has 0 aliphatic rings. The van der Waals surface area contributed by atoms with Gasteiger partial charge in [-0.3, -0.25) is 4.79 Å². The highest BCUT2D eigenvalue weighted by Gasteiger charge is 2.11. The van der Waals surface area contributed by atoms with Gasteiger partial charge in [0.25, 0.3) is 0 Å². The van der Waals surface area contributed by atoms with Crippen LogP contribution in [0.15, 0.2) is 33.9 Å². The van der Waals surface area contributed by atoms with Crippen LogP contribution in [0.25, 0.3) is 11.5 Å². The standard InChI is InChI=1S/C21H31N3O6S/c1-3-4-5-6-11-22-19(25)16-28-13-12-27-14-15-29-18-9-7-17(8-10-18)20-23-24-21(30-20)31(2)26/h7-10H,3-6,11-16H2,1-2H3,(H,22,25). The fourth-order valence-corrected chi connectivity index (χ4v) is 2.92. The average Bonchev–Trinajstić information content (AvgIpc) is 3.26. The maximum atomic E-state index is 11.6. The first-order valence-corrected chi connectivity index (χ1v) is 12.0. The summed E-state index contributed by atoms with van der Waals surface area (Å²) in [7, 11) is -1.31. The molecule has 1 aromatic heterocycles. The topological polar surface area (TPSA) is 113 Å². The molecule has 0 bridgehead atoms. The Morgan fingerprint density at radius 3 is 2.48 bits per heavy atom. The molecule has 1 atom stereocenters.